The summed E-state index contributed by atoms with van der Waals surface area (Å²) in [7, 11) is -1.22. The van der Waals surface area contributed by atoms with Gasteiger partial charge < -0.3 is 0 Å². The molecule has 94 valence electrons. The molecule has 18 heavy (non-hydrogen) atoms. The molecule has 1 aliphatic rings. The first kappa shape index (κ1) is 13.2. The van der Waals surface area contributed by atoms with Gasteiger partial charge in [-0.05, 0) is 36.8 Å². The van der Waals surface area contributed by atoms with Gasteiger partial charge in [0.25, 0.3) is 0 Å². The first-order valence-corrected chi connectivity index (χ1v) is 10.3. The fourth-order valence-electron chi connectivity index (χ4n) is 2.38. The largest absolute Gasteiger partial charge is 0.129 e. The van der Waals surface area contributed by atoms with Crippen molar-refractivity contribution >= 4 is 8.07 Å². The SMILES string of the molecule is C[Si](C)(C)C#C/C=C1\CCC(c2ccccc2)C1. The highest BCUT2D eigenvalue weighted by atomic mass is 28.3. The Hall–Kier alpha value is -1.26. The summed E-state index contributed by atoms with van der Waals surface area (Å²) in [5.41, 5.74) is 6.44. The van der Waals surface area contributed by atoms with Gasteiger partial charge in [-0.1, -0.05) is 61.5 Å². The van der Waals surface area contributed by atoms with Gasteiger partial charge in [0.1, 0.15) is 8.07 Å². The number of allylic oxidation sites excluding steroid dienone is 2. The normalized spacial score (nSPS) is 21.7. The molecule has 0 N–H and O–H groups in total. The van der Waals surface area contributed by atoms with Gasteiger partial charge >= 0.3 is 0 Å². The molecular weight excluding hydrogens is 232 g/mol. The van der Waals surface area contributed by atoms with E-state index >= 15 is 0 Å². The summed E-state index contributed by atoms with van der Waals surface area (Å²) in [5.74, 6) is 4.00. The fraction of sp³-hybridized carbons (Fsp3) is 0.412. The van der Waals surface area contributed by atoms with Crippen LogP contribution in [0.1, 0.15) is 30.7 Å². The lowest BCUT2D eigenvalue weighted by molar-refractivity contribution is 0.730. The van der Waals surface area contributed by atoms with Crippen molar-refractivity contribution in [2.75, 3.05) is 0 Å². The minimum absolute atomic E-state index is 0.714. The Balaban J connectivity index is 2.00. The summed E-state index contributed by atoms with van der Waals surface area (Å²) in [6.07, 6.45) is 5.88. The van der Waals surface area contributed by atoms with Gasteiger partial charge in [-0.3, -0.25) is 0 Å². The summed E-state index contributed by atoms with van der Waals surface area (Å²) < 4.78 is 0. The van der Waals surface area contributed by atoms with E-state index < -0.39 is 8.07 Å². The highest BCUT2D eigenvalue weighted by Gasteiger charge is 2.20. The van der Waals surface area contributed by atoms with Crippen molar-refractivity contribution in [3.8, 4) is 11.5 Å². The first-order chi connectivity index (χ1) is 8.54. The summed E-state index contributed by atoms with van der Waals surface area (Å²) in [6, 6.07) is 10.9. The first-order valence-electron chi connectivity index (χ1n) is 6.80. The molecule has 1 fully saturated rings. The lowest BCUT2D eigenvalue weighted by Gasteiger charge is -2.07. The smallest absolute Gasteiger partial charge is 0.127 e. The maximum absolute atomic E-state index is 3.42. The third-order valence-corrected chi connectivity index (χ3v) is 4.21. The second kappa shape index (κ2) is 5.59. The van der Waals surface area contributed by atoms with Crippen molar-refractivity contribution in [1.29, 1.82) is 0 Å². The molecule has 1 saturated carbocycles. The lowest BCUT2D eigenvalue weighted by atomic mass is 9.97. The standard InChI is InChI=1S/C17H22Si/c1-18(2,3)13-7-8-15-11-12-17(14-15)16-9-5-4-6-10-16/h4-6,8-10,17H,11-12,14H2,1-3H3/b15-8+. The Morgan fingerprint density at radius 3 is 2.56 bits per heavy atom. The van der Waals surface area contributed by atoms with Crippen LogP contribution in [0.15, 0.2) is 42.0 Å². The van der Waals surface area contributed by atoms with Gasteiger partial charge in [0.05, 0.1) is 0 Å². The van der Waals surface area contributed by atoms with Crippen LogP contribution < -0.4 is 0 Å². The third-order valence-electron chi connectivity index (χ3n) is 3.32. The topological polar surface area (TPSA) is 0 Å². The van der Waals surface area contributed by atoms with Crippen molar-refractivity contribution in [2.24, 2.45) is 0 Å². The molecule has 0 radical (unpaired) electrons. The Labute approximate surface area is 112 Å². The monoisotopic (exact) mass is 254 g/mol. The Morgan fingerprint density at radius 2 is 1.89 bits per heavy atom. The molecule has 0 amide bonds. The van der Waals surface area contributed by atoms with Crippen molar-refractivity contribution in [3.63, 3.8) is 0 Å². The molecule has 0 aromatic heterocycles. The second-order valence-electron chi connectivity index (χ2n) is 6.17. The average Bonchev–Trinajstić information content (AvgIpc) is 2.77. The molecule has 1 aliphatic carbocycles. The van der Waals surface area contributed by atoms with Gasteiger partial charge in [-0.15, -0.1) is 5.54 Å². The number of rotatable bonds is 1. The Bertz CT molecular complexity index is 480. The zero-order chi connectivity index (χ0) is 13.0. The van der Waals surface area contributed by atoms with E-state index in [0.29, 0.717) is 5.92 Å². The van der Waals surface area contributed by atoms with Gasteiger partial charge in [-0.25, -0.2) is 0 Å². The van der Waals surface area contributed by atoms with Crippen LogP contribution in [0.3, 0.4) is 0 Å². The van der Waals surface area contributed by atoms with Crippen LogP contribution in [0.25, 0.3) is 0 Å². The summed E-state index contributed by atoms with van der Waals surface area (Å²) in [5, 5.41) is 0. The molecule has 0 aliphatic heterocycles. The number of hydrogen-bond acceptors (Lipinski definition) is 0. The van der Waals surface area contributed by atoms with Crippen molar-refractivity contribution in [1.82, 2.24) is 0 Å². The predicted octanol–water partition coefficient (Wildman–Crippen LogP) is 4.76. The number of benzene rings is 1. The molecule has 1 atom stereocenters. The Kier molecular flexibility index (Phi) is 4.09. The van der Waals surface area contributed by atoms with E-state index in [1.54, 1.807) is 0 Å². The van der Waals surface area contributed by atoms with Crippen molar-refractivity contribution in [3.05, 3.63) is 47.5 Å². The van der Waals surface area contributed by atoms with Crippen molar-refractivity contribution < 1.29 is 0 Å². The molecule has 0 nitrogen and oxygen atoms in total. The van der Waals surface area contributed by atoms with Crippen LogP contribution in [0.4, 0.5) is 0 Å². The zero-order valence-electron chi connectivity index (χ0n) is 11.7. The molecule has 1 aromatic carbocycles. The van der Waals surface area contributed by atoms with Gasteiger partial charge in [0.15, 0.2) is 0 Å². The molecule has 2 rings (SSSR count). The van der Waals surface area contributed by atoms with E-state index in [1.807, 2.05) is 0 Å². The second-order valence-corrected chi connectivity index (χ2v) is 10.9. The molecule has 0 spiro atoms. The summed E-state index contributed by atoms with van der Waals surface area (Å²) in [6.45, 7) is 6.87. The quantitative estimate of drug-likeness (QED) is 0.500. The summed E-state index contributed by atoms with van der Waals surface area (Å²) >= 11 is 0. The fourth-order valence-corrected chi connectivity index (χ4v) is 2.88. The van der Waals surface area contributed by atoms with Crippen LogP contribution >= 0.6 is 0 Å². The molecule has 1 unspecified atom stereocenters. The van der Waals surface area contributed by atoms with Gasteiger partial charge in [0, 0.05) is 0 Å². The summed E-state index contributed by atoms with van der Waals surface area (Å²) in [4.78, 5) is 0. The predicted molar refractivity (Wildman–Crippen MR) is 82.2 cm³/mol. The lowest BCUT2D eigenvalue weighted by Crippen LogP contribution is -2.16. The minimum Gasteiger partial charge on any atom is -0.127 e. The van der Waals surface area contributed by atoms with Gasteiger partial charge in [-0.2, -0.15) is 0 Å². The highest BCUT2D eigenvalue weighted by Crippen LogP contribution is 2.37. The van der Waals surface area contributed by atoms with Crippen LogP contribution in [0.5, 0.6) is 0 Å². The molecule has 1 aromatic rings. The molecule has 0 bridgehead atoms. The molecule has 0 heterocycles. The molecule has 0 saturated heterocycles. The molecular formula is C17H22Si. The van der Waals surface area contributed by atoms with E-state index in [-0.39, 0.29) is 0 Å². The van der Waals surface area contributed by atoms with Crippen molar-refractivity contribution in [2.45, 2.75) is 44.8 Å². The molecule has 1 heteroatoms. The van der Waals surface area contributed by atoms with E-state index in [1.165, 1.54) is 30.4 Å². The maximum Gasteiger partial charge on any atom is 0.129 e. The zero-order valence-corrected chi connectivity index (χ0v) is 12.7. The Morgan fingerprint density at radius 1 is 1.17 bits per heavy atom. The highest BCUT2D eigenvalue weighted by molar-refractivity contribution is 6.83. The van der Waals surface area contributed by atoms with Crippen LogP contribution in [0.2, 0.25) is 19.6 Å². The van der Waals surface area contributed by atoms with E-state index in [9.17, 15) is 0 Å². The van der Waals surface area contributed by atoms with E-state index in [2.05, 4.69) is 67.5 Å². The number of hydrogen-bond donors (Lipinski definition) is 0. The average molecular weight is 254 g/mol. The van der Waals surface area contributed by atoms with Crippen LogP contribution in [0, 0.1) is 11.5 Å². The van der Waals surface area contributed by atoms with Crippen LogP contribution in [-0.2, 0) is 0 Å². The van der Waals surface area contributed by atoms with E-state index in [0.717, 1.165) is 0 Å². The minimum atomic E-state index is -1.22. The maximum atomic E-state index is 3.42. The van der Waals surface area contributed by atoms with E-state index in [4.69, 9.17) is 0 Å². The van der Waals surface area contributed by atoms with Crippen LogP contribution in [-0.4, -0.2) is 8.07 Å². The third kappa shape index (κ3) is 3.89. The van der Waals surface area contributed by atoms with Gasteiger partial charge in [0.2, 0.25) is 0 Å².